The fraction of sp³-hybridized carbons (Fsp3) is 0.704. The molecule has 5 aliphatic rings. The first kappa shape index (κ1) is 21.9. The lowest BCUT2D eigenvalue weighted by Crippen LogP contribution is -2.53. The van der Waals surface area contributed by atoms with Crippen LogP contribution >= 0.6 is 0 Å². The van der Waals surface area contributed by atoms with Gasteiger partial charge in [0.2, 0.25) is 5.91 Å². The third kappa shape index (κ3) is 4.73. The van der Waals surface area contributed by atoms with Gasteiger partial charge in [-0.2, -0.15) is 0 Å². The molecule has 1 aliphatic heterocycles. The van der Waals surface area contributed by atoms with E-state index in [4.69, 9.17) is 4.74 Å². The number of hydrogen-bond donors (Lipinski definition) is 2. The fourth-order valence-corrected chi connectivity index (χ4v) is 7.22. The van der Waals surface area contributed by atoms with Gasteiger partial charge in [-0.25, -0.2) is 0 Å². The maximum absolute atomic E-state index is 13.1. The zero-order valence-corrected chi connectivity index (χ0v) is 19.4. The van der Waals surface area contributed by atoms with Crippen molar-refractivity contribution in [2.24, 2.45) is 23.2 Å². The third-order valence-electron chi connectivity index (χ3n) is 8.51. The predicted molar refractivity (Wildman–Crippen MR) is 124 cm³/mol. The second kappa shape index (κ2) is 9.17. The second-order valence-corrected chi connectivity index (χ2v) is 11.2. The molecule has 174 valence electrons. The summed E-state index contributed by atoms with van der Waals surface area (Å²) >= 11 is 0. The number of ether oxygens (including phenoxy) is 1. The number of rotatable bonds is 8. The van der Waals surface area contributed by atoms with Gasteiger partial charge in [-0.05, 0) is 107 Å². The number of hydrogen-bond acceptors (Lipinski definition) is 3. The lowest BCUT2D eigenvalue weighted by molar-refractivity contribution is -0.146. The van der Waals surface area contributed by atoms with E-state index in [0.717, 1.165) is 74.9 Å². The van der Waals surface area contributed by atoms with Crippen molar-refractivity contribution in [3.63, 3.8) is 0 Å². The molecule has 1 aromatic rings. The minimum atomic E-state index is -0.103. The highest BCUT2D eigenvalue weighted by Gasteiger charge is 2.54. The summed E-state index contributed by atoms with van der Waals surface area (Å²) in [5.74, 6) is 2.56. The summed E-state index contributed by atoms with van der Waals surface area (Å²) in [6.45, 7) is 3.47. The SMILES string of the molecule is CC(CCC1CCCO1)NC(=O)c1ccc(CNC(=O)C23CC4CC(CC(C4)C2)C3)cc1. The molecule has 6 rings (SSSR count). The van der Waals surface area contributed by atoms with E-state index < -0.39 is 0 Å². The van der Waals surface area contributed by atoms with Gasteiger partial charge >= 0.3 is 0 Å². The first-order valence-corrected chi connectivity index (χ1v) is 12.8. The molecule has 2 atom stereocenters. The molecule has 1 saturated heterocycles. The quantitative estimate of drug-likeness (QED) is 0.623. The molecule has 4 saturated carbocycles. The topological polar surface area (TPSA) is 67.4 Å². The molecule has 2 amide bonds. The molecule has 2 N–H and O–H groups in total. The Morgan fingerprint density at radius 3 is 2.31 bits per heavy atom. The molecule has 32 heavy (non-hydrogen) atoms. The zero-order valence-electron chi connectivity index (χ0n) is 19.4. The Balaban J connectivity index is 1.09. The molecular formula is C27H38N2O3. The molecule has 2 unspecified atom stereocenters. The van der Waals surface area contributed by atoms with Gasteiger partial charge in [-0.3, -0.25) is 9.59 Å². The standard InChI is InChI=1S/C27H38N2O3/c1-18(4-9-24-3-2-10-32-24)29-25(30)23-7-5-19(6-8-23)17-28-26(31)27-14-20-11-21(15-27)13-22(12-20)16-27/h5-8,18,20-22,24H,2-4,9-17H2,1H3,(H,28,31)(H,29,30). The minimum Gasteiger partial charge on any atom is -0.378 e. The largest absolute Gasteiger partial charge is 0.378 e. The Morgan fingerprint density at radius 1 is 1.06 bits per heavy atom. The average molecular weight is 439 g/mol. The Hall–Kier alpha value is -1.88. The summed E-state index contributed by atoms with van der Waals surface area (Å²) in [4.78, 5) is 25.7. The Kier molecular flexibility index (Phi) is 6.28. The fourth-order valence-electron chi connectivity index (χ4n) is 7.22. The first-order valence-electron chi connectivity index (χ1n) is 12.8. The maximum Gasteiger partial charge on any atom is 0.251 e. The van der Waals surface area contributed by atoms with Crippen LogP contribution in [0, 0.1) is 23.2 Å². The van der Waals surface area contributed by atoms with Gasteiger partial charge in [0.05, 0.1) is 6.10 Å². The number of amides is 2. The molecule has 0 aromatic heterocycles. The third-order valence-corrected chi connectivity index (χ3v) is 8.51. The molecule has 0 radical (unpaired) electrons. The molecule has 4 aliphatic carbocycles. The van der Waals surface area contributed by atoms with E-state index in [0.29, 0.717) is 18.2 Å². The number of carbonyl (C=O) groups is 2. The van der Waals surface area contributed by atoms with Gasteiger partial charge in [-0.15, -0.1) is 0 Å². The van der Waals surface area contributed by atoms with E-state index in [-0.39, 0.29) is 23.3 Å². The van der Waals surface area contributed by atoms with Crippen LogP contribution in [0.4, 0.5) is 0 Å². The summed E-state index contributed by atoms with van der Waals surface area (Å²) in [5, 5.41) is 6.33. The van der Waals surface area contributed by atoms with Crippen molar-refractivity contribution in [3.8, 4) is 0 Å². The molecule has 1 aromatic carbocycles. The van der Waals surface area contributed by atoms with Crippen LogP contribution in [-0.2, 0) is 16.1 Å². The maximum atomic E-state index is 13.1. The van der Waals surface area contributed by atoms with E-state index in [1.807, 2.05) is 24.3 Å². The average Bonchev–Trinajstić information content (AvgIpc) is 3.29. The van der Waals surface area contributed by atoms with Crippen molar-refractivity contribution in [1.82, 2.24) is 10.6 Å². The smallest absolute Gasteiger partial charge is 0.251 e. The van der Waals surface area contributed by atoms with E-state index in [2.05, 4.69) is 17.6 Å². The van der Waals surface area contributed by atoms with Gasteiger partial charge < -0.3 is 15.4 Å². The van der Waals surface area contributed by atoms with Crippen LogP contribution in [0.3, 0.4) is 0 Å². The van der Waals surface area contributed by atoms with Crippen LogP contribution in [0.25, 0.3) is 0 Å². The van der Waals surface area contributed by atoms with Crippen LogP contribution in [0.1, 0.15) is 87.1 Å². The Labute approximate surface area is 192 Å². The molecule has 1 heterocycles. The van der Waals surface area contributed by atoms with Crippen LogP contribution in [0.5, 0.6) is 0 Å². The predicted octanol–water partition coefficient (Wildman–Crippen LogP) is 4.60. The number of carbonyl (C=O) groups excluding carboxylic acids is 2. The number of benzene rings is 1. The summed E-state index contributed by atoms with van der Waals surface area (Å²) in [6, 6.07) is 7.80. The summed E-state index contributed by atoms with van der Waals surface area (Å²) in [5.41, 5.74) is 1.62. The Morgan fingerprint density at radius 2 is 1.72 bits per heavy atom. The van der Waals surface area contributed by atoms with Crippen LogP contribution in [0.15, 0.2) is 24.3 Å². The van der Waals surface area contributed by atoms with E-state index in [9.17, 15) is 9.59 Å². The summed E-state index contributed by atoms with van der Waals surface area (Å²) < 4.78 is 5.67. The molecule has 4 bridgehead atoms. The molecule has 0 spiro atoms. The first-order chi connectivity index (χ1) is 15.5. The van der Waals surface area contributed by atoms with Gasteiger partial charge in [0.15, 0.2) is 0 Å². The second-order valence-electron chi connectivity index (χ2n) is 11.2. The molecule has 5 fully saturated rings. The highest BCUT2D eigenvalue weighted by molar-refractivity contribution is 5.94. The van der Waals surface area contributed by atoms with Crippen LogP contribution in [-0.4, -0.2) is 30.6 Å². The normalized spacial score (nSPS) is 33.8. The van der Waals surface area contributed by atoms with Crippen LogP contribution < -0.4 is 10.6 Å². The summed E-state index contributed by atoms with van der Waals surface area (Å²) in [7, 11) is 0. The minimum absolute atomic E-state index is 0.0333. The number of nitrogens with one attached hydrogen (secondary N) is 2. The monoisotopic (exact) mass is 438 g/mol. The van der Waals surface area contributed by atoms with Gasteiger partial charge in [0, 0.05) is 30.2 Å². The lowest BCUT2D eigenvalue weighted by atomic mass is 9.49. The highest BCUT2D eigenvalue weighted by atomic mass is 16.5. The Bertz CT molecular complexity index is 793. The summed E-state index contributed by atoms with van der Waals surface area (Å²) in [6.07, 6.45) is 11.9. The highest BCUT2D eigenvalue weighted by Crippen LogP contribution is 2.60. The van der Waals surface area contributed by atoms with Crippen molar-refractivity contribution in [1.29, 1.82) is 0 Å². The van der Waals surface area contributed by atoms with Crippen molar-refractivity contribution in [3.05, 3.63) is 35.4 Å². The lowest BCUT2D eigenvalue weighted by Gasteiger charge is -2.55. The van der Waals surface area contributed by atoms with Gasteiger partial charge in [-0.1, -0.05) is 12.1 Å². The van der Waals surface area contributed by atoms with Crippen LogP contribution in [0.2, 0.25) is 0 Å². The van der Waals surface area contributed by atoms with Crippen molar-refractivity contribution >= 4 is 11.8 Å². The van der Waals surface area contributed by atoms with E-state index in [1.54, 1.807) is 0 Å². The molecule has 5 nitrogen and oxygen atoms in total. The van der Waals surface area contributed by atoms with E-state index in [1.165, 1.54) is 19.3 Å². The van der Waals surface area contributed by atoms with E-state index >= 15 is 0 Å². The van der Waals surface area contributed by atoms with Crippen molar-refractivity contribution < 1.29 is 14.3 Å². The van der Waals surface area contributed by atoms with Crippen molar-refractivity contribution in [2.75, 3.05) is 6.61 Å². The van der Waals surface area contributed by atoms with Crippen molar-refractivity contribution in [2.45, 2.75) is 89.8 Å². The zero-order chi connectivity index (χ0) is 22.1. The molecule has 5 heteroatoms. The van der Waals surface area contributed by atoms with Gasteiger partial charge in [0.25, 0.3) is 5.91 Å². The molecular weight excluding hydrogens is 400 g/mol. The van der Waals surface area contributed by atoms with Gasteiger partial charge in [0.1, 0.15) is 0 Å².